The monoisotopic (exact) mass is 236 g/mol. The molecule has 1 rings (SSSR count). The summed E-state index contributed by atoms with van der Waals surface area (Å²) in [7, 11) is 1.71. The third kappa shape index (κ3) is 3.20. The van der Waals surface area contributed by atoms with Crippen molar-refractivity contribution in [1.82, 2.24) is 5.43 Å². The Kier molecular flexibility index (Phi) is 5.45. The van der Waals surface area contributed by atoms with Crippen LogP contribution in [0.25, 0.3) is 0 Å². The first-order valence-corrected chi connectivity index (χ1v) is 6.28. The Morgan fingerprint density at radius 3 is 2.41 bits per heavy atom. The van der Waals surface area contributed by atoms with Crippen molar-refractivity contribution in [1.29, 1.82) is 0 Å². The van der Waals surface area contributed by atoms with E-state index in [1.807, 2.05) is 0 Å². The summed E-state index contributed by atoms with van der Waals surface area (Å²) >= 11 is 0. The quantitative estimate of drug-likeness (QED) is 0.589. The van der Waals surface area contributed by atoms with E-state index in [9.17, 15) is 0 Å². The van der Waals surface area contributed by atoms with Gasteiger partial charge in [-0.2, -0.15) is 0 Å². The fourth-order valence-electron chi connectivity index (χ4n) is 2.32. The molecular formula is C14H24N2O. The molecule has 0 aromatic heterocycles. The second-order valence-electron chi connectivity index (χ2n) is 4.47. The van der Waals surface area contributed by atoms with Gasteiger partial charge in [0.25, 0.3) is 0 Å². The summed E-state index contributed by atoms with van der Waals surface area (Å²) in [5, 5.41) is 0. The van der Waals surface area contributed by atoms with E-state index in [0.717, 1.165) is 24.2 Å². The first kappa shape index (κ1) is 14.0. The maximum absolute atomic E-state index is 5.71. The zero-order chi connectivity index (χ0) is 12.8. The van der Waals surface area contributed by atoms with Crippen LogP contribution in [0.2, 0.25) is 0 Å². The Balaban J connectivity index is 3.10. The van der Waals surface area contributed by atoms with Gasteiger partial charge < -0.3 is 4.74 Å². The molecule has 0 amide bonds. The van der Waals surface area contributed by atoms with Crippen LogP contribution in [0.15, 0.2) is 18.2 Å². The van der Waals surface area contributed by atoms with Crippen LogP contribution in [-0.4, -0.2) is 7.11 Å². The molecule has 0 bridgehead atoms. The molecule has 0 fully saturated rings. The van der Waals surface area contributed by atoms with E-state index in [0.29, 0.717) is 5.92 Å². The summed E-state index contributed by atoms with van der Waals surface area (Å²) in [5.74, 6) is 7.15. The maximum atomic E-state index is 5.71. The summed E-state index contributed by atoms with van der Waals surface area (Å²) < 4.78 is 5.45. The number of nitrogens with one attached hydrogen (secondary N) is 1. The predicted molar refractivity (Wildman–Crippen MR) is 71.9 cm³/mol. The van der Waals surface area contributed by atoms with Crippen LogP contribution < -0.4 is 16.0 Å². The van der Waals surface area contributed by atoms with Crippen molar-refractivity contribution in [3.63, 3.8) is 0 Å². The van der Waals surface area contributed by atoms with E-state index in [4.69, 9.17) is 10.6 Å². The normalized spacial score (nSPS) is 12.8. The zero-order valence-corrected chi connectivity index (χ0v) is 11.3. The fraction of sp³-hybridized carbons (Fsp3) is 0.571. The van der Waals surface area contributed by atoms with E-state index >= 15 is 0 Å². The standard InChI is InChI=1S/C14H24N2O/c1-5-11(6-2)14(16-15)12-8-7-10(3)9-13(12)17-4/h7-9,11,14,16H,5-6,15H2,1-4H3. The molecule has 1 unspecified atom stereocenters. The zero-order valence-electron chi connectivity index (χ0n) is 11.3. The van der Waals surface area contributed by atoms with Gasteiger partial charge in [-0.3, -0.25) is 11.3 Å². The lowest BCUT2D eigenvalue weighted by Gasteiger charge is -2.26. The highest BCUT2D eigenvalue weighted by Gasteiger charge is 2.22. The highest BCUT2D eigenvalue weighted by atomic mass is 16.5. The fourth-order valence-corrected chi connectivity index (χ4v) is 2.32. The van der Waals surface area contributed by atoms with Crippen LogP contribution in [0.3, 0.4) is 0 Å². The van der Waals surface area contributed by atoms with Gasteiger partial charge >= 0.3 is 0 Å². The molecule has 3 N–H and O–H groups in total. The molecular weight excluding hydrogens is 212 g/mol. The molecule has 0 aliphatic rings. The molecule has 0 saturated carbocycles. The Labute approximate surface area is 104 Å². The average molecular weight is 236 g/mol. The Hall–Kier alpha value is -1.06. The van der Waals surface area contributed by atoms with Crippen LogP contribution in [0.1, 0.15) is 43.9 Å². The van der Waals surface area contributed by atoms with Gasteiger partial charge in [0, 0.05) is 5.56 Å². The first-order chi connectivity index (χ1) is 8.17. The van der Waals surface area contributed by atoms with Crippen LogP contribution in [0.5, 0.6) is 5.75 Å². The number of methoxy groups -OCH3 is 1. The molecule has 0 aliphatic heterocycles. The minimum absolute atomic E-state index is 0.153. The van der Waals surface area contributed by atoms with Crippen LogP contribution in [0.4, 0.5) is 0 Å². The number of hydrogen-bond acceptors (Lipinski definition) is 3. The van der Waals surface area contributed by atoms with E-state index in [1.54, 1.807) is 7.11 Å². The molecule has 0 spiro atoms. The van der Waals surface area contributed by atoms with Crippen molar-refractivity contribution in [2.45, 2.75) is 39.7 Å². The lowest BCUT2D eigenvalue weighted by atomic mass is 9.88. The summed E-state index contributed by atoms with van der Waals surface area (Å²) in [6.45, 7) is 6.45. The predicted octanol–water partition coefficient (Wildman–Crippen LogP) is 2.94. The number of benzene rings is 1. The van der Waals surface area contributed by atoms with Gasteiger partial charge in [0.05, 0.1) is 13.2 Å². The molecule has 0 radical (unpaired) electrons. The molecule has 0 saturated heterocycles. The van der Waals surface area contributed by atoms with Crippen LogP contribution in [0, 0.1) is 12.8 Å². The highest BCUT2D eigenvalue weighted by Crippen LogP contribution is 2.33. The summed E-state index contributed by atoms with van der Waals surface area (Å²) in [6, 6.07) is 6.42. The summed E-state index contributed by atoms with van der Waals surface area (Å²) in [4.78, 5) is 0. The molecule has 1 aromatic rings. The Morgan fingerprint density at radius 1 is 1.29 bits per heavy atom. The molecule has 3 nitrogen and oxygen atoms in total. The number of rotatable bonds is 6. The second kappa shape index (κ2) is 6.62. The van der Waals surface area contributed by atoms with E-state index in [1.165, 1.54) is 5.56 Å². The van der Waals surface area contributed by atoms with Gasteiger partial charge in [0.1, 0.15) is 5.75 Å². The minimum Gasteiger partial charge on any atom is -0.496 e. The number of nitrogens with two attached hydrogens (primary N) is 1. The van der Waals surface area contributed by atoms with Gasteiger partial charge in [-0.1, -0.05) is 38.8 Å². The largest absolute Gasteiger partial charge is 0.496 e. The molecule has 1 aromatic carbocycles. The molecule has 0 aliphatic carbocycles. The maximum Gasteiger partial charge on any atom is 0.123 e. The highest BCUT2D eigenvalue weighted by molar-refractivity contribution is 5.39. The van der Waals surface area contributed by atoms with Crippen molar-refractivity contribution < 1.29 is 4.74 Å². The third-order valence-electron chi connectivity index (χ3n) is 3.42. The molecule has 17 heavy (non-hydrogen) atoms. The molecule has 96 valence electrons. The summed E-state index contributed by atoms with van der Waals surface area (Å²) in [5.41, 5.74) is 5.28. The van der Waals surface area contributed by atoms with Gasteiger partial charge in [0.2, 0.25) is 0 Å². The molecule has 1 atom stereocenters. The van der Waals surface area contributed by atoms with Gasteiger partial charge in [-0.15, -0.1) is 0 Å². The van der Waals surface area contributed by atoms with Crippen molar-refractivity contribution >= 4 is 0 Å². The van der Waals surface area contributed by atoms with E-state index in [2.05, 4.69) is 44.4 Å². The average Bonchev–Trinajstić information content (AvgIpc) is 2.36. The number of hydrazine groups is 1. The van der Waals surface area contributed by atoms with Gasteiger partial charge in [-0.05, 0) is 24.5 Å². The SMILES string of the molecule is CCC(CC)C(NN)c1ccc(C)cc1OC. The van der Waals surface area contributed by atoms with Crippen molar-refractivity contribution in [2.24, 2.45) is 11.8 Å². The first-order valence-electron chi connectivity index (χ1n) is 6.28. The summed E-state index contributed by atoms with van der Waals surface area (Å²) in [6.07, 6.45) is 2.20. The van der Waals surface area contributed by atoms with Crippen molar-refractivity contribution in [3.05, 3.63) is 29.3 Å². The second-order valence-corrected chi connectivity index (χ2v) is 4.47. The lowest BCUT2D eigenvalue weighted by molar-refractivity contribution is 0.328. The van der Waals surface area contributed by atoms with Gasteiger partial charge in [-0.25, -0.2) is 0 Å². The van der Waals surface area contributed by atoms with E-state index in [-0.39, 0.29) is 6.04 Å². The third-order valence-corrected chi connectivity index (χ3v) is 3.42. The number of hydrogen-bond donors (Lipinski definition) is 2. The Bertz CT molecular complexity index is 348. The van der Waals surface area contributed by atoms with Crippen LogP contribution >= 0.6 is 0 Å². The van der Waals surface area contributed by atoms with Crippen molar-refractivity contribution in [3.8, 4) is 5.75 Å². The lowest BCUT2D eigenvalue weighted by Crippen LogP contribution is -2.33. The minimum atomic E-state index is 0.153. The van der Waals surface area contributed by atoms with Crippen molar-refractivity contribution in [2.75, 3.05) is 7.11 Å². The molecule has 3 heteroatoms. The number of ether oxygens (including phenoxy) is 1. The van der Waals surface area contributed by atoms with E-state index < -0.39 is 0 Å². The topological polar surface area (TPSA) is 47.3 Å². The number of aryl methyl sites for hydroxylation is 1. The smallest absolute Gasteiger partial charge is 0.123 e. The van der Waals surface area contributed by atoms with Gasteiger partial charge in [0.15, 0.2) is 0 Å². The Morgan fingerprint density at radius 2 is 1.94 bits per heavy atom. The van der Waals surface area contributed by atoms with Crippen LogP contribution in [-0.2, 0) is 0 Å². The molecule has 0 heterocycles.